The summed E-state index contributed by atoms with van der Waals surface area (Å²) in [5.41, 5.74) is 3.64. The van der Waals surface area contributed by atoms with E-state index >= 15 is 0 Å². The number of rotatable bonds is 7. The maximum Gasteiger partial charge on any atom is 0.275 e. The normalized spacial score (nSPS) is 13.0. The van der Waals surface area contributed by atoms with Gasteiger partial charge in [0.1, 0.15) is 17.7 Å². The summed E-state index contributed by atoms with van der Waals surface area (Å²) in [4.78, 5) is 12.5. The van der Waals surface area contributed by atoms with Gasteiger partial charge < -0.3 is 10.6 Å². The summed E-state index contributed by atoms with van der Waals surface area (Å²) in [6, 6.07) is 21.0. The molecule has 3 aromatic carbocycles. The van der Waals surface area contributed by atoms with Gasteiger partial charge in [0, 0.05) is 22.8 Å². The smallest absolute Gasteiger partial charge is 0.275 e. The number of amides is 1. The number of hydrogen-bond donors (Lipinski definition) is 2. The monoisotopic (exact) mass is 395 g/mol. The quantitative estimate of drug-likeness (QED) is 0.628. The molecule has 0 fully saturated rings. The predicted molar refractivity (Wildman–Crippen MR) is 109 cm³/mol. The third kappa shape index (κ3) is 5.48. The number of carbonyl (C=O) groups is 1. The van der Waals surface area contributed by atoms with Crippen LogP contribution in [0.3, 0.4) is 0 Å². The van der Waals surface area contributed by atoms with E-state index in [0.29, 0.717) is 0 Å². The Morgan fingerprint density at radius 1 is 0.966 bits per heavy atom. The van der Waals surface area contributed by atoms with Gasteiger partial charge >= 0.3 is 0 Å². The van der Waals surface area contributed by atoms with Gasteiger partial charge in [-0.25, -0.2) is 8.78 Å². The molecule has 0 unspecified atom stereocenters. The second kappa shape index (κ2) is 9.43. The lowest BCUT2D eigenvalue weighted by Gasteiger charge is -2.18. The summed E-state index contributed by atoms with van der Waals surface area (Å²) in [6.07, 6.45) is 0. The highest BCUT2D eigenvalue weighted by atomic mass is 19.1. The number of nitrogens with one attached hydrogen (secondary N) is 1. The molecule has 1 amide bonds. The number of aryl methyl sites for hydroxylation is 1. The van der Waals surface area contributed by atoms with Crippen molar-refractivity contribution in [3.63, 3.8) is 0 Å². The minimum absolute atomic E-state index is 0.0274. The first-order chi connectivity index (χ1) is 13.9. The summed E-state index contributed by atoms with van der Waals surface area (Å²) in [5.74, 6) is -1.51. The molecule has 0 aliphatic rings. The van der Waals surface area contributed by atoms with Crippen molar-refractivity contribution < 1.29 is 18.9 Å². The van der Waals surface area contributed by atoms with E-state index in [0.717, 1.165) is 17.2 Å². The van der Waals surface area contributed by atoms with Crippen LogP contribution in [-0.2, 0) is 4.79 Å². The van der Waals surface area contributed by atoms with Gasteiger partial charge in [-0.05, 0) is 19.9 Å². The number of nitrogens with two attached hydrogens (primary N) is 1. The van der Waals surface area contributed by atoms with Gasteiger partial charge in [-0.3, -0.25) is 4.79 Å². The number of carbonyl (C=O) groups excluding carboxylic acids is 1. The summed E-state index contributed by atoms with van der Waals surface area (Å²) >= 11 is 0. The zero-order valence-corrected chi connectivity index (χ0v) is 16.5. The highest BCUT2D eigenvalue weighted by molar-refractivity contribution is 5.77. The van der Waals surface area contributed by atoms with Gasteiger partial charge in [0.15, 0.2) is 6.54 Å². The van der Waals surface area contributed by atoms with Gasteiger partial charge in [-0.15, -0.1) is 0 Å². The van der Waals surface area contributed by atoms with Crippen LogP contribution in [0.15, 0.2) is 72.8 Å². The van der Waals surface area contributed by atoms with E-state index in [1.165, 1.54) is 17.7 Å². The molecule has 3 aromatic rings. The van der Waals surface area contributed by atoms with Crippen LogP contribution in [0.2, 0.25) is 0 Å². The average Bonchev–Trinajstić information content (AvgIpc) is 2.70. The van der Waals surface area contributed by atoms with Crippen LogP contribution in [0.4, 0.5) is 8.78 Å². The second-order valence-corrected chi connectivity index (χ2v) is 7.19. The lowest BCUT2D eigenvalue weighted by atomic mass is 9.98. The highest BCUT2D eigenvalue weighted by Crippen LogP contribution is 2.19. The van der Waals surface area contributed by atoms with Crippen molar-refractivity contribution in [2.45, 2.75) is 25.9 Å². The fourth-order valence-corrected chi connectivity index (χ4v) is 3.35. The number of hydrogen-bond acceptors (Lipinski definition) is 1. The van der Waals surface area contributed by atoms with Crippen LogP contribution in [0.1, 0.15) is 41.3 Å². The van der Waals surface area contributed by atoms with E-state index in [1.807, 2.05) is 42.6 Å². The molecule has 0 radical (unpaired) electrons. The van der Waals surface area contributed by atoms with Gasteiger partial charge in [-0.1, -0.05) is 66.2 Å². The van der Waals surface area contributed by atoms with Crippen LogP contribution in [-0.4, -0.2) is 12.5 Å². The fraction of sp³-hybridized carbons (Fsp3) is 0.208. The summed E-state index contributed by atoms with van der Waals surface area (Å²) in [6.45, 7) is 3.90. The molecule has 0 aliphatic carbocycles. The van der Waals surface area contributed by atoms with E-state index in [-0.39, 0.29) is 24.1 Å². The molecule has 29 heavy (non-hydrogen) atoms. The molecule has 3 rings (SSSR count). The van der Waals surface area contributed by atoms with Gasteiger partial charge in [-0.2, -0.15) is 0 Å². The molecule has 5 heteroatoms. The van der Waals surface area contributed by atoms with Crippen LogP contribution >= 0.6 is 0 Å². The van der Waals surface area contributed by atoms with Crippen molar-refractivity contribution in [1.29, 1.82) is 0 Å². The minimum Gasteiger partial charge on any atom is -0.345 e. The first kappa shape index (κ1) is 20.7. The lowest BCUT2D eigenvalue weighted by Crippen LogP contribution is -2.87. The Morgan fingerprint density at radius 3 is 2.28 bits per heavy atom. The highest BCUT2D eigenvalue weighted by Gasteiger charge is 2.20. The predicted octanol–water partition coefficient (Wildman–Crippen LogP) is 3.80. The molecule has 0 aromatic heterocycles. The molecule has 0 aliphatic heterocycles. The lowest BCUT2D eigenvalue weighted by molar-refractivity contribution is -0.676. The van der Waals surface area contributed by atoms with Crippen molar-refractivity contribution >= 4 is 5.91 Å². The molecular weight excluding hydrogens is 370 g/mol. The molecule has 150 valence electrons. The Hall–Kier alpha value is -3.05. The Balaban J connectivity index is 1.68. The standard InChI is InChI=1S/C24H24F2N2O/c1-16-8-10-19(11-9-16)24(18-6-4-3-5-7-18)27-15-23(29)28-17(2)21-13-12-20(25)14-22(21)26/h3-14,17,24,27H,15H2,1-2H3,(H,28,29)/p+1/t17-,24-/m1/s1. The SMILES string of the molecule is Cc1ccc([C@H]([NH2+]CC(=O)N[C@H](C)c2ccc(F)cc2F)c2ccccc2)cc1. The summed E-state index contributed by atoms with van der Waals surface area (Å²) in [7, 11) is 0. The topological polar surface area (TPSA) is 45.7 Å². The maximum atomic E-state index is 13.9. The third-order valence-electron chi connectivity index (χ3n) is 4.94. The number of quaternary nitrogens is 1. The zero-order valence-electron chi connectivity index (χ0n) is 16.5. The van der Waals surface area contributed by atoms with Crippen LogP contribution in [0.25, 0.3) is 0 Å². The van der Waals surface area contributed by atoms with E-state index in [1.54, 1.807) is 6.92 Å². The number of halogens is 2. The van der Waals surface area contributed by atoms with Crippen molar-refractivity contribution in [2.75, 3.05) is 6.54 Å². The molecule has 0 bridgehead atoms. The molecule has 0 saturated heterocycles. The molecule has 3 N–H and O–H groups in total. The van der Waals surface area contributed by atoms with Crippen molar-refractivity contribution in [2.24, 2.45) is 0 Å². The second-order valence-electron chi connectivity index (χ2n) is 7.19. The van der Waals surface area contributed by atoms with E-state index < -0.39 is 17.7 Å². The van der Waals surface area contributed by atoms with Crippen LogP contribution in [0.5, 0.6) is 0 Å². The first-order valence-corrected chi connectivity index (χ1v) is 9.63. The molecule has 0 heterocycles. The zero-order chi connectivity index (χ0) is 20.8. The Labute approximate surface area is 169 Å². The molecule has 0 saturated carbocycles. The fourth-order valence-electron chi connectivity index (χ4n) is 3.35. The molecular formula is C24H25F2N2O+. The Morgan fingerprint density at radius 2 is 1.62 bits per heavy atom. The van der Waals surface area contributed by atoms with E-state index in [9.17, 15) is 13.6 Å². The van der Waals surface area contributed by atoms with E-state index in [4.69, 9.17) is 0 Å². The van der Waals surface area contributed by atoms with Gasteiger partial charge in [0.05, 0.1) is 6.04 Å². The van der Waals surface area contributed by atoms with Crippen molar-refractivity contribution in [1.82, 2.24) is 5.32 Å². The minimum atomic E-state index is -0.663. The summed E-state index contributed by atoms with van der Waals surface area (Å²) < 4.78 is 27.0. The van der Waals surface area contributed by atoms with Crippen molar-refractivity contribution in [3.8, 4) is 0 Å². The summed E-state index contributed by atoms with van der Waals surface area (Å²) in [5, 5.41) is 4.75. The largest absolute Gasteiger partial charge is 0.345 e. The van der Waals surface area contributed by atoms with Crippen molar-refractivity contribution in [3.05, 3.63) is 107 Å². The Bertz CT molecular complexity index is 958. The average molecular weight is 395 g/mol. The molecule has 2 atom stereocenters. The molecule has 3 nitrogen and oxygen atoms in total. The molecule has 0 spiro atoms. The van der Waals surface area contributed by atoms with Gasteiger partial charge in [0.2, 0.25) is 0 Å². The van der Waals surface area contributed by atoms with Crippen LogP contribution in [0, 0.1) is 18.6 Å². The number of benzene rings is 3. The third-order valence-corrected chi connectivity index (χ3v) is 4.94. The van der Waals surface area contributed by atoms with Crippen LogP contribution < -0.4 is 10.6 Å². The van der Waals surface area contributed by atoms with Gasteiger partial charge in [0.25, 0.3) is 5.91 Å². The van der Waals surface area contributed by atoms with E-state index in [2.05, 4.69) is 29.6 Å². The Kier molecular flexibility index (Phi) is 6.73. The maximum absolute atomic E-state index is 13.9. The first-order valence-electron chi connectivity index (χ1n) is 9.63.